The standard InChI is InChI=1S/C11H8BrFN2OS/c12-6-1-2-9(7(13)5-6)15-11(16)10-8(14)3-4-17-10/h1-5H,14H2,(H,15,16). The Kier molecular flexibility index (Phi) is 3.44. The summed E-state index contributed by atoms with van der Waals surface area (Å²) in [4.78, 5) is 12.2. The Balaban J connectivity index is 2.22. The van der Waals surface area contributed by atoms with Crippen LogP contribution in [0.25, 0.3) is 0 Å². The number of amides is 1. The second-order valence-electron chi connectivity index (χ2n) is 3.28. The van der Waals surface area contributed by atoms with Gasteiger partial charge in [0.15, 0.2) is 0 Å². The zero-order valence-corrected chi connectivity index (χ0v) is 10.9. The van der Waals surface area contributed by atoms with E-state index in [1.807, 2.05) is 0 Å². The molecule has 2 aromatic rings. The molecule has 0 fully saturated rings. The molecule has 3 N–H and O–H groups in total. The Morgan fingerprint density at radius 1 is 1.41 bits per heavy atom. The highest BCUT2D eigenvalue weighted by Crippen LogP contribution is 2.23. The number of hydrogen-bond acceptors (Lipinski definition) is 3. The van der Waals surface area contributed by atoms with Gasteiger partial charge < -0.3 is 11.1 Å². The second kappa shape index (κ2) is 4.85. The van der Waals surface area contributed by atoms with Crippen molar-refractivity contribution >= 4 is 44.5 Å². The fourth-order valence-electron chi connectivity index (χ4n) is 1.27. The molecule has 0 bridgehead atoms. The molecule has 0 spiro atoms. The van der Waals surface area contributed by atoms with Gasteiger partial charge in [-0.3, -0.25) is 4.79 Å². The number of carbonyl (C=O) groups is 1. The third-order valence-electron chi connectivity index (χ3n) is 2.08. The van der Waals surface area contributed by atoms with E-state index in [9.17, 15) is 9.18 Å². The molecule has 0 aliphatic rings. The highest BCUT2D eigenvalue weighted by molar-refractivity contribution is 9.10. The molecular weight excluding hydrogens is 307 g/mol. The van der Waals surface area contributed by atoms with E-state index in [-0.39, 0.29) is 5.69 Å². The van der Waals surface area contributed by atoms with E-state index in [4.69, 9.17) is 5.73 Å². The maximum Gasteiger partial charge on any atom is 0.267 e. The van der Waals surface area contributed by atoms with Crippen molar-refractivity contribution in [1.29, 1.82) is 0 Å². The molecule has 17 heavy (non-hydrogen) atoms. The van der Waals surface area contributed by atoms with E-state index in [1.165, 1.54) is 23.5 Å². The van der Waals surface area contributed by atoms with Crippen LogP contribution in [-0.4, -0.2) is 5.91 Å². The van der Waals surface area contributed by atoms with Gasteiger partial charge in [-0.05, 0) is 29.6 Å². The molecule has 0 aliphatic heterocycles. The predicted molar refractivity (Wildman–Crippen MR) is 70.8 cm³/mol. The van der Waals surface area contributed by atoms with Crippen molar-refractivity contribution in [3.05, 3.63) is 44.8 Å². The number of benzene rings is 1. The topological polar surface area (TPSA) is 55.1 Å². The number of halogens is 2. The van der Waals surface area contributed by atoms with Crippen LogP contribution in [0, 0.1) is 5.82 Å². The summed E-state index contributed by atoms with van der Waals surface area (Å²) in [7, 11) is 0. The Labute approximate surface area is 110 Å². The molecule has 1 amide bonds. The van der Waals surface area contributed by atoms with Crippen LogP contribution in [0.5, 0.6) is 0 Å². The van der Waals surface area contributed by atoms with Crippen molar-refractivity contribution < 1.29 is 9.18 Å². The van der Waals surface area contributed by atoms with Crippen LogP contribution in [0.4, 0.5) is 15.8 Å². The van der Waals surface area contributed by atoms with Crippen molar-refractivity contribution in [2.45, 2.75) is 0 Å². The lowest BCUT2D eigenvalue weighted by molar-refractivity contribution is 0.103. The van der Waals surface area contributed by atoms with E-state index < -0.39 is 11.7 Å². The van der Waals surface area contributed by atoms with Crippen LogP contribution in [0.15, 0.2) is 34.1 Å². The van der Waals surface area contributed by atoms with Crippen LogP contribution in [0.3, 0.4) is 0 Å². The van der Waals surface area contributed by atoms with Gasteiger partial charge in [-0.25, -0.2) is 4.39 Å². The molecule has 6 heteroatoms. The molecule has 0 aliphatic carbocycles. The van der Waals surface area contributed by atoms with Crippen LogP contribution >= 0.6 is 27.3 Å². The predicted octanol–water partition coefficient (Wildman–Crippen LogP) is 3.48. The van der Waals surface area contributed by atoms with Crippen molar-refractivity contribution in [3.63, 3.8) is 0 Å². The molecule has 1 aromatic carbocycles. The molecule has 0 saturated carbocycles. The molecule has 0 radical (unpaired) electrons. The summed E-state index contributed by atoms with van der Waals surface area (Å²) in [6, 6.07) is 6.06. The van der Waals surface area contributed by atoms with Gasteiger partial charge in [-0.15, -0.1) is 11.3 Å². The smallest absolute Gasteiger partial charge is 0.267 e. The van der Waals surface area contributed by atoms with Crippen LogP contribution in [0.1, 0.15) is 9.67 Å². The van der Waals surface area contributed by atoms with Crippen molar-refractivity contribution in [2.75, 3.05) is 11.1 Å². The fraction of sp³-hybridized carbons (Fsp3) is 0. The molecule has 2 rings (SSSR count). The molecule has 3 nitrogen and oxygen atoms in total. The quantitative estimate of drug-likeness (QED) is 0.891. The fourth-order valence-corrected chi connectivity index (χ4v) is 2.32. The lowest BCUT2D eigenvalue weighted by Crippen LogP contribution is -2.12. The molecule has 0 atom stereocenters. The van der Waals surface area contributed by atoms with Gasteiger partial charge in [-0.2, -0.15) is 0 Å². The third kappa shape index (κ3) is 2.65. The number of carbonyl (C=O) groups excluding carboxylic acids is 1. The lowest BCUT2D eigenvalue weighted by Gasteiger charge is -2.05. The average Bonchev–Trinajstić information content (AvgIpc) is 2.68. The normalized spacial score (nSPS) is 10.2. The van der Waals surface area contributed by atoms with Crippen molar-refractivity contribution in [1.82, 2.24) is 0 Å². The first-order valence-electron chi connectivity index (χ1n) is 4.67. The van der Waals surface area contributed by atoms with Gasteiger partial charge in [0.05, 0.1) is 11.4 Å². The van der Waals surface area contributed by atoms with E-state index >= 15 is 0 Å². The summed E-state index contributed by atoms with van der Waals surface area (Å²) >= 11 is 4.36. The van der Waals surface area contributed by atoms with Gasteiger partial charge in [-0.1, -0.05) is 15.9 Å². The SMILES string of the molecule is Nc1ccsc1C(=O)Nc1ccc(Br)cc1F. The molecule has 0 saturated heterocycles. The molecule has 88 valence electrons. The number of anilines is 2. The molecular formula is C11H8BrFN2OS. The zero-order chi connectivity index (χ0) is 12.4. The Bertz CT molecular complexity index is 570. The number of hydrogen-bond donors (Lipinski definition) is 2. The number of nitrogen functional groups attached to an aromatic ring is 1. The first-order chi connectivity index (χ1) is 8.08. The largest absolute Gasteiger partial charge is 0.397 e. The maximum absolute atomic E-state index is 13.5. The van der Waals surface area contributed by atoms with Gasteiger partial charge in [0.2, 0.25) is 0 Å². The van der Waals surface area contributed by atoms with Gasteiger partial charge in [0.25, 0.3) is 5.91 Å². The van der Waals surface area contributed by atoms with E-state index in [0.29, 0.717) is 15.0 Å². The van der Waals surface area contributed by atoms with Crippen molar-refractivity contribution in [3.8, 4) is 0 Å². The Hall–Kier alpha value is -1.40. The number of nitrogens with two attached hydrogens (primary N) is 1. The zero-order valence-electron chi connectivity index (χ0n) is 8.54. The number of rotatable bonds is 2. The lowest BCUT2D eigenvalue weighted by atomic mass is 10.3. The summed E-state index contributed by atoms with van der Waals surface area (Å²) < 4.78 is 14.1. The van der Waals surface area contributed by atoms with E-state index in [0.717, 1.165) is 0 Å². The summed E-state index contributed by atoms with van der Waals surface area (Å²) in [5.41, 5.74) is 6.13. The first-order valence-corrected chi connectivity index (χ1v) is 6.34. The Morgan fingerprint density at radius 3 is 2.76 bits per heavy atom. The summed E-state index contributed by atoms with van der Waals surface area (Å²) in [5, 5.41) is 4.19. The van der Waals surface area contributed by atoms with Crippen LogP contribution in [-0.2, 0) is 0 Å². The molecule has 1 aromatic heterocycles. The average molecular weight is 315 g/mol. The molecule has 1 heterocycles. The summed E-state index contributed by atoms with van der Waals surface area (Å²) in [6.07, 6.45) is 0. The third-order valence-corrected chi connectivity index (χ3v) is 3.50. The minimum atomic E-state index is -0.497. The van der Waals surface area contributed by atoms with Gasteiger partial charge in [0, 0.05) is 4.47 Å². The summed E-state index contributed by atoms with van der Waals surface area (Å²) in [5.74, 6) is -0.901. The van der Waals surface area contributed by atoms with E-state index in [1.54, 1.807) is 17.5 Å². The van der Waals surface area contributed by atoms with E-state index in [2.05, 4.69) is 21.2 Å². The molecule has 0 unspecified atom stereocenters. The van der Waals surface area contributed by atoms with Gasteiger partial charge >= 0.3 is 0 Å². The summed E-state index contributed by atoms with van der Waals surface area (Å²) in [6.45, 7) is 0. The van der Waals surface area contributed by atoms with Crippen LogP contribution in [0.2, 0.25) is 0 Å². The minimum Gasteiger partial charge on any atom is -0.397 e. The number of nitrogens with one attached hydrogen (secondary N) is 1. The Morgan fingerprint density at radius 2 is 2.18 bits per heavy atom. The van der Waals surface area contributed by atoms with Crippen molar-refractivity contribution in [2.24, 2.45) is 0 Å². The highest BCUT2D eigenvalue weighted by Gasteiger charge is 2.13. The number of thiophene rings is 1. The maximum atomic E-state index is 13.5. The first kappa shape index (κ1) is 12.1. The monoisotopic (exact) mass is 314 g/mol. The van der Waals surface area contributed by atoms with Crippen LogP contribution < -0.4 is 11.1 Å². The second-order valence-corrected chi connectivity index (χ2v) is 5.12. The highest BCUT2D eigenvalue weighted by atomic mass is 79.9. The van der Waals surface area contributed by atoms with Gasteiger partial charge in [0.1, 0.15) is 10.7 Å². The minimum absolute atomic E-state index is 0.131.